The molecular weight excluding hydrogens is 576 g/mol. The number of benzene rings is 2. The van der Waals surface area contributed by atoms with Gasteiger partial charge in [0.25, 0.3) is 0 Å². The van der Waals surface area contributed by atoms with E-state index in [-0.39, 0.29) is 35.8 Å². The predicted molar refractivity (Wildman–Crippen MR) is 146 cm³/mol. The van der Waals surface area contributed by atoms with E-state index < -0.39 is 23.6 Å². The Morgan fingerprint density at radius 3 is 2.37 bits per heavy atom. The van der Waals surface area contributed by atoms with E-state index in [2.05, 4.69) is 25.3 Å². The molecule has 1 unspecified atom stereocenters. The molecule has 0 bridgehead atoms. The Kier molecular flexibility index (Phi) is 7.32. The summed E-state index contributed by atoms with van der Waals surface area (Å²) in [6.45, 7) is 0.754. The van der Waals surface area contributed by atoms with E-state index >= 15 is 0 Å². The van der Waals surface area contributed by atoms with E-state index in [0.717, 1.165) is 30.7 Å². The zero-order valence-corrected chi connectivity index (χ0v) is 22.7. The van der Waals surface area contributed by atoms with Gasteiger partial charge in [-0.25, -0.2) is 19.9 Å². The molecule has 14 heteroatoms. The zero-order chi connectivity index (χ0) is 30.4. The van der Waals surface area contributed by atoms with Crippen LogP contribution in [0.2, 0.25) is 0 Å². The van der Waals surface area contributed by atoms with Crippen LogP contribution in [0.3, 0.4) is 0 Å². The summed E-state index contributed by atoms with van der Waals surface area (Å²) in [7, 11) is 1.49. The third kappa shape index (κ3) is 5.78. The van der Waals surface area contributed by atoms with Crippen LogP contribution in [-0.4, -0.2) is 35.7 Å². The number of fused-ring (bicyclic) bond motifs is 1. The Bertz CT molecular complexity index is 1750. The molecule has 0 spiro atoms. The summed E-state index contributed by atoms with van der Waals surface area (Å²) in [5.74, 6) is 0.272. The van der Waals surface area contributed by atoms with Crippen molar-refractivity contribution in [3.05, 3.63) is 77.9 Å². The van der Waals surface area contributed by atoms with E-state index in [1.165, 1.54) is 29.8 Å². The Labute approximate surface area is 241 Å². The predicted octanol–water partition coefficient (Wildman–Crippen LogP) is 7.24. The molecule has 1 aliphatic rings. The lowest BCUT2D eigenvalue weighted by molar-refractivity contribution is -0.141. The number of halogens is 6. The Hall–Kier alpha value is -4.46. The lowest BCUT2D eigenvalue weighted by Crippen LogP contribution is -2.18. The quantitative estimate of drug-likeness (QED) is 0.207. The van der Waals surface area contributed by atoms with Crippen molar-refractivity contribution >= 4 is 17.0 Å². The van der Waals surface area contributed by atoms with Gasteiger partial charge < -0.3 is 14.6 Å². The van der Waals surface area contributed by atoms with Crippen LogP contribution in [0.25, 0.3) is 33.9 Å². The third-order valence-corrected chi connectivity index (χ3v) is 7.20. The highest BCUT2D eigenvalue weighted by Gasteiger charge is 2.35. The van der Waals surface area contributed by atoms with Gasteiger partial charge in [0.15, 0.2) is 28.5 Å². The summed E-state index contributed by atoms with van der Waals surface area (Å²) < 4.78 is 89.9. The summed E-state index contributed by atoms with van der Waals surface area (Å²) in [4.78, 5) is 17.2. The first-order chi connectivity index (χ1) is 20.5. The van der Waals surface area contributed by atoms with Crippen molar-refractivity contribution in [1.82, 2.24) is 29.1 Å². The number of nitrogens with one attached hydrogen (secondary N) is 1. The molecule has 224 valence electrons. The maximum atomic E-state index is 13.9. The molecule has 1 saturated heterocycles. The smallest absolute Gasteiger partial charge is 0.364 e. The van der Waals surface area contributed by atoms with Crippen molar-refractivity contribution in [2.45, 2.75) is 44.4 Å². The molecular formula is C29H25F6N7O. The minimum absolute atomic E-state index is 0.119. The van der Waals surface area contributed by atoms with Crippen LogP contribution >= 0.6 is 0 Å². The normalized spacial score (nSPS) is 16.1. The molecule has 1 fully saturated rings. The number of imidazole rings is 2. The van der Waals surface area contributed by atoms with Gasteiger partial charge in [0.2, 0.25) is 0 Å². The van der Waals surface area contributed by atoms with Gasteiger partial charge >= 0.3 is 12.4 Å². The van der Waals surface area contributed by atoms with E-state index in [1.54, 1.807) is 35.2 Å². The molecule has 3 aromatic heterocycles. The molecule has 0 saturated carbocycles. The topological polar surface area (TPSA) is 82.7 Å². The fourth-order valence-corrected chi connectivity index (χ4v) is 5.07. The largest absolute Gasteiger partial charge is 0.434 e. The molecule has 8 nitrogen and oxygen atoms in total. The molecule has 1 atom stereocenters. The third-order valence-electron chi connectivity index (χ3n) is 7.20. The van der Waals surface area contributed by atoms with Crippen LogP contribution < -0.4 is 5.32 Å². The van der Waals surface area contributed by atoms with Gasteiger partial charge in [0.1, 0.15) is 12.1 Å². The zero-order valence-electron chi connectivity index (χ0n) is 22.7. The number of ether oxygens (including phenoxy) is 1. The summed E-state index contributed by atoms with van der Waals surface area (Å²) in [6.07, 6.45) is -4.51. The number of aryl methyl sites for hydroxylation is 1. The highest BCUT2D eigenvalue weighted by atomic mass is 19.4. The molecule has 6 rings (SSSR count). The second-order valence-corrected chi connectivity index (χ2v) is 10.2. The first-order valence-corrected chi connectivity index (χ1v) is 13.5. The van der Waals surface area contributed by atoms with Gasteiger partial charge in [-0.1, -0.05) is 42.5 Å². The lowest BCUT2D eigenvalue weighted by atomic mass is 10.1. The van der Waals surface area contributed by atoms with Crippen LogP contribution in [-0.2, 0) is 30.7 Å². The van der Waals surface area contributed by atoms with Gasteiger partial charge in [-0.05, 0) is 30.9 Å². The SMILES string of the molecule is Cn1cc(C(F)(F)F)nc1-c1ccc(CNc2nc(-c3ccccc3C(F)(F)F)nc3c2ncn3C2CCCCO2)cc1. The Balaban J connectivity index is 1.34. The molecule has 2 aromatic carbocycles. The summed E-state index contributed by atoms with van der Waals surface area (Å²) in [5, 5.41) is 3.16. The van der Waals surface area contributed by atoms with Crippen molar-refractivity contribution in [3.8, 4) is 22.8 Å². The Morgan fingerprint density at radius 2 is 1.70 bits per heavy atom. The van der Waals surface area contributed by atoms with E-state index in [9.17, 15) is 26.3 Å². The molecule has 1 aliphatic heterocycles. The monoisotopic (exact) mass is 601 g/mol. The van der Waals surface area contributed by atoms with E-state index in [4.69, 9.17) is 4.74 Å². The van der Waals surface area contributed by atoms with Crippen molar-refractivity contribution in [1.29, 1.82) is 0 Å². The van der Waals surface area contributed by atoms with E-state index in [1.807, 2.05) is 0 Å². The first-order valence-electron chi connectivity index (χ1n) is 13.5. The highest BCUT2D eigenvalue weighted by molar-refractivity contribution is 5.85. The molecule has 43 heavy (non-hydrogen) atoms. The fraction of sp³-hybridized carbons (Fsp3) is 0.310. The van der Waals surface area contributed by atoms with Crippen LogP contribution in [0.4, 0.5) is 32.2 Å². The van der Waals surface area contributed by atoms with E-state index in [0.29, 0.717) is 29.8 Å². The van der Waals surface area contributed by atoms with Crippen LogP contribution in [0, 0.1) is 0 Å². The first kappa shape index (κ1) is 28.6. The average Bonchev–Trinajstić information content (AvgIpc) is 3.60. The van der Waals surface area contributed by atoms with Crippen LogP contribution in [0.5, 0.6) is 0 Å². The highest BCUT2D eigenvalue weighted by Crippen LogP contribution is 2.37. The standard InChI is InChI=1S/C29H25F6N7O/c1-41-15-21(29(33,34)35)38-26(41)18-11-9-17(10-12-18)14-36-25-23-27(42(16-37-23)22-8-4-5-13-43-22)40-24(39-25)19-6-2-3-7-20(19)28(30,31)32/h2-3,6-7,9-12,15-16,22H,4-5,8,13-14H2,1H3,(H,36,39,40). The summed E-state index contributed by atoms with van der Waals surface area (Å²) in [6, 6.07) is 11.8. The number of hydrogen-bond donors (Lipinski definition) is 1. The van der Waals surface area contributed by atoms with Gasteiger partial charge in [-0.3, -0.25) is 4.57 Å². The maximum absolute atomic E-state index is 13.9. The van der Waals surface area contributed by atoms with Gasteiger partial charge in [0.05, 0.1) is 11.9 Å². The number of anilines is 1. The summed E-state index contributed by atoms with van der Waals surface area (Å²) in [5.41, 5.74) is -0.0802. The van der Waals surface area contributed by atoms with Crippen LogP contribution in [0.15, 0.2) is 61.1 Å². The molecule has 0 radical (unpaired) electrons. The van der Waals surface area contributed by atoms with Crippen molar-refractivity contribution < 1.29 is 31.1 Å². The number of nitrogens with zero attached hydrogens (tertiary/aromatic N) is 6. The van der Waals surface area contributed by atoms with Gasteiger partial charge in [0, 0.05) is 37.5 Å². The summed E-state index contributed by atoms with van der Waals surface area (Å²) >= 11 is 0. The number of hydrogen-bond acceptors (Lipinski definition) is 6. The number of rotatable bonds is 6. The van der Waals surface area contributed by atoms with Crippen molar-refractivity contribution in [2.24, 2.45) is 7.05 Å². The second-order valence-electron chi connectivity index (χ2n) is 10.2. The minimum atomic E-state index is -4.62. The molecule has 4 heterocycles. The molecule has 0 aliphatic carbocycles. The average molecular weight is 602 g/mol. The fourth-order valence-electron chi connectivity index (χ4n) is 5.07. The minimum Gasteiger partial charge on any atom is -0.364 e. The molecule has 1 N–H and O–H groups in total. The van der Waals surface area contributed by atoms with Gasteiger partial charge in [-0.2, -0.15) is 26.3 Å². The lowest BCUT2D eigenvalue weighted by Gasteiger charge is -2.24. The van der Waals surface area contributed by atoms with Crippen molar-refractivity contribution in [3.63, 3.8) is 0 Å². The molecule has 0 amide bonds. The maximum Gasteiger partial charge on any atom is 0.434 e. The number of aromatic nitrogens is 6. The van der Waals surface area contributed by atoms with Gasteiger partial charge in [-0.15, -0.1) is 0 Å². The second kappa shape index (κ2) is 11.0. The van der Waals surface area contributed by atoms with Crippen molar-refractivity contribution in [2.75, 3.05) is 11.9 Å². The van der Waals surface area contributed by atoms with Crippen LogP contribution in [0.1, 0.15) is 42.3 Å². The number of alkyl halides is 6. The molecule has 5 aromatic rings. The Morgan fingerprint density at radius 1 is 0.930 bits per heavy atom.